The lowest BCUT2D eigenvalue weighted by Gasteiger charge is -2.38. The van der Waals surface area contributed by atoms with Crippen molar-refractivity contribution in [1.29, 1.82) is 5.26 Å². The zero-order valence-corrected chi connectivity index (χ0v) is 17.3. The molecule has 1 fully saturated rings. The van der Waals surface area contributed by atoms with Crippen LogP contribution < -0.4 is 4.74 Å². The number of halogens is 1. The Morgan fingerprint density at radius 3 is 2.53 bits per heavy atom. The number of Topliss-reactive ketones (excluding diaryl/α,β-unsaturated/α-hetero) is 1. The van der Waals surface area contributed by atoms with Crippen LogP contribution in [0, 0.1) is 17.1 Å². The highest BCUT2D eigenvalue weighted by Crippen LogP contribution is 2.40. The Bertz CT molecular complexity index is 884. The van der Waals surface area contributed by atoms with Crippen molar-refractivity contribution in [2.45, 2.75) is 31.1 Å². The Morgan fingerprint density at radius 2 is 1.87 bits per heavy atom. The molecule has 0 aliphatic carbocycles. The van der Waals surface area contributed by atoms with Crippen molar-refractivity contribution in [1.82, 2.24) is 4.90 Å². The van der Waals surface area contributed by atoms with Gasteiger partial charge in [0.05, 0.1) is 11.5 Å². The molecule has 0 saturated carbocycles. The molecule has 6 heteroatoms. The van der Waals surface area contributed by atoms with E-state index in [9.17, 15) is 14.4 Å². The number of piperidine rings is 1. The Hall–Kier alpha value is -2.75. The summed E-state index contributed by atoms with van der Waals surface area (Å²) in [6, 6.07) is 15.9. The van der Waals surface area contributed by atoms with Gasteiger partial charge in [0, 0.05) is 24.7 Å². The molecule has 2 aromatic rings. The number of methoxy groups -OCH3 is 1. The summed E-state index contributed by atoms with van der Waals surface area (Å²) in [6.45, 7) is 2.52. The van der Waals surface area contributed by atoms with Gasteiger partial charge in [0.15, 0.2) is 12.6 Å². The van der Waals surface area contributed by atoms with Gasteiger partial charge in [0.1, 0.15) is 11.6 Å². The first-order valence-corrected chi connectivity index (χ1v) is 10.2. The molecule has 158 valence electrons. The number of nitriles is 1. The van der Waals surface area contributed by atoms with Crippen LogP contribution in [-0.4, -0.2) is 44.2 Å². The Balaban J connectivity index is 1.54. The van der Waals surface area contributed by atoms with Crippen LogP contribution in [0.15, 0.2) is 48.5 Å². The summed E-state index contributed by atoms with van der Waals surface area (Å²) < 4.78 is 23.7. The molecule has 3 rings (SSSR count). The molecule has 30 heavy (non-hydrogen) atoms. The molecule has 5 nitrogen and oxygen atoms in total. The van der Waals surface area contributed by atoms with Crippen molar-refractivity contribution < 1.29 is 18.7 Å². The van der Waals surface area contributed by atoms with Crippen molar-refractivity contribution in [3.05, 3.63) is 65.5 Å². The summed E-state index contributed by atoms with van der Waals surface area (Å²) in [4.78, 5) is 14.5. The zero-order chi connectivity index (χ0) is 21.4. The number of hydrogen-bond acceptors (Lipinski definition) is 5. The van der Waals surface area contributed by atoms with Gasteiger partial charge in [-0.25, -0.2) is 4.39 Å². The van der Waals surface area contributed by atoms with E-state index in [0.717, 1.165) is 31.6 Å². The normalized spacial score (nSPS) is 16.0. The average molecular weight is 410 g/mol. The van der Waals surface area contributed by atoms with Crippen molar-refractivity contribution in [2.75, 3.05) is 33.5 Å². The van der Waals surface area contributed by atoms with Crippen LogP contribution in [0.4, 0.5) is 4.39 Å². The maximum absolute atomic E-state index is 13.0. The summed E-state index contributed by atoms with van der Waals surface area (Å²) in [5, 5.41) is 10.00. The third kappa shape index (κ3) is 5.24. The molecule has 2 aromatic carbocycles. The van der Waals surface area contributed by atoms with E-state index >= 15 is 0 Å². The average Bonchev–Trinajstić information content (AvgIpc) is 2.79. The summed E-state index contributed by atoms with van der Waals surface area (Å²) in [6.07, 6.45) is 2.59. The molecule has 0 aromatic heterocycles. The number of para-hydroxylation sites is 1. The van der Waals surface area contributed by atoms with Crippen molar-refractivity contribution >= 4 is 5.78 Å². The first kappa shape index (κ1) is 21.9. The molecule has 0 unspecified atom stereocenters. The van der Waals surface area contributed by atoms with E-state index in [2.05, 4.69) is 11.0 Å². The van der Waals surface area contributed by atoms with E-state index in [-0.39, 0.29) is 18.4 Å². The Labute approximate surface area is 177 Å². The fraction of sp³-hybridized carbons (Fsp3) is 0.417. The van der Waals surface area contributed by atoms with Crippen LogP contribution in [0.2, 0.25) is 0 Å². The van der Waals surface area contributed by atoms with E-state index in [1.807, 2.05) is 24.3 Å². The lowest BCUT2D eigenvalue weighted by molar-refractivity contribution is 0.0491. The van der Waals surface area contributed by atoms with Crippen LogP contribution in [0.25, 0.3) is 0 Å². The second-order valence-corrected chi connectivity index (χ2v) is 7.62. The van der Waals surface area contributed by atoms with Crippen LogP contribution in [-0.2, 0) is 10.2 Å². The van der Waals surface area contributed by atoms with Gasteiger partial charge in [0.2, 0.25) is 0 Å². The molecule has 1 saturated heterocycles. The maximum Gasteiger partial charge on any atom is 0.188 e. The minimum absolute atomic E-state index is 0.0302. The molecule has 1 heterocycles. The SMILES string of the molecule is COCOc1ccccc1C1(C#N)CCN(CCCC(=O)c2ccc(F)cc2)CC1. The van der Waals surface area contributed by atoms with Crippen LogP contribution in [0.3, 0.4) is 0 Å². The minimum atomic E-state index is -0.579. The van der Waals surface area contributed by atoms with Crippen molar-refractivity contribution in [3.63, 3.8) is 0 Å². The monoisotopic (exact) mass is 410 g/mol. The van der Waals surface area contributed by atoms with Gasteiger partial charge in [-0.3, -0.25) is 4.79 Å². The third-order valence-electron chi connectivity index (χ3n) is 5.70. The molecule has 0 N–H and O–H groups in total. The van der Waals surface area contributed by atoms with Crippen LogP contribution in [0.5, 0.6) is 5.75 Å². The number of ether oxygens (including phenoxy) is 2. The van der Waals surface area contributed by atoms with Gasteiger partial charge in [-0.15, -0.1) is 0 Å². The van der Waals surface area contributed by atoms with Gasteiger partial charge in [-0.2, -0.15) is 5.26 Å². The number of carbonyl (C=O) groups excluding carboxylic acids is 1. The Morgan fingerprint density at radius 1 is 1.17 bits per heavy atom. The van der Waals surface area contributed by atoms with Gasteiger partial charge in [0.25, 0.3) is 0 Å². The van der Waals surface area contributed by atoms with Gasteiger partial charge < -0.3 is 14.4 Å². The molecule has 0 radical (unpaired) electrons. The maximum atomic E-state index is 13.0. The molecular weight excluding hydrogens is 383 g/mol. The standard InChI is InChI=1S/C24H27FN2O3/c1-29-18-30-23-7-3-2-5-21(23)24(17-26)12-15-27(16-13-24)14-4-6-22(28)19-8-10-20(25)11-9-19/h2-3,5,7-11H,4,6,12-16,18H2,1H3. The number of nitrogens with zero attached hydrogens (tertiary/aromatic N) is 2. The van der Waals surface area contributed by atoms with E-state index in [4.69, 9.17) is 9.47 Å². The summed E-state index contributed by atoms with van der Waals surface area (Å²) >= 11 is 0. The minimum Gasteiger partial charge on any atom is -0.467 e. The van der Waals surface area contributed by atoms with Crippen molar-refractivity contribution in [3.8, 4) is 11.8 Å². The zero-order valence-electron chi connectivity index (χ0n) is 17.3. The fourth-order valence-corrected chi connectivity index (χ4v) is 3.95. The van der Waals surface area contributed by atoms with Crippen LogP contribution >= 0.6 is 0 Å². The number of rotatable bonds is 9. The highest BCUT2D eigenvalue weighted by molar-refractivity contribution is 5.95. The number of ketones is 1. The van der Waals surface area contributed by atoms with E-state index in [1.165, 1.54) is 24.3 Å². The van der Waals surface area contributed by atoms with E-state index in [1.54, 1.807) is 7.11 Å². The molecule has 1 aliphatic heterocycles. The van der Waals surface area contributed by atoms with Crippen molar-refractivity contribution in [2.24, 2.45) is 0 Å². The van der Waals surface area contributed by atoms with Gasteiger partial charge >= 0.3 is 0 Å². The number of benzene rings is 2. The molecular formula is C24H27FN2O3. The lowest BCUT2D eigenvalue weighted by Crippen LogP contribution is -2.42. The second-order valence-electron chi connectivity index (χ2n) is 7.62. The number of likely N-dealkylation sites (tertiary alicyclic amines) is 1. The molecule has 0 bridgehead atoms. The Kier molecular flexibility index (Phi) is 7.56. The first-order chi connectivity index (χ1) is 14.6. The quantitative estimate of drug-likeness (QED) is 0.455. The van der Waals surface area contributed by atoms with Gasteiger partial charge in [-0.05, 0) is 69.2 Å². The van der Waals surface area contributed by atoms with E-state index in [0.29, 0.717) is 30.6 Å². The predicted molar refractivity (Wildman–Crippen MR) is 112 cm³/mol. The first-order valence-electron chi connectivity index (χ1n) is 10.2. The molecule has 0 amide bonds. The molecule has 1 aliphatic rings. The highest BCUT2D eigenvalue weighted by Gasteiger charge is 2.38. The highest BCUT2D eigenvalue weighted by atomic mass is 19.1. The predicted octanol–water partition coefficient (Wildman–Crippen LogP) is 4.33. The third-order valence-corrected chi connectivity index (χ3v) is 5.70. The number of carbonyl (C=O) groups is 1. The van der Waals surface area contributed by atoms with Gasteiger partial charge in [-0.1, -0.05) is 18.2 Å². The topological polar surface area (TPSA) is 62.6 Å². The summed E-state index contributed by atoms with van der Waals surface area (Å²) in [7, 11) is 1.57. The largest absolute Gasteiger partial charge is 0.467 e. The summed E-state index contributed by atoms with van der Waals surface area (Å²) in [5.41, 5.74) is 0.881. The van der Waals surface area contributed by atoms with Crippen LogP contribution in [0.1, 0.15) is 41.6 Å². The molecule has 0 spiro atoms. The smallest absolute Gasteiger partial charge is 0.188 e. The van der Waals surface area contributed by atoms with E-state index < -0.39 is 5.41 Å². The lowest BCUT2D eigenvalue weighted by atomic mass is 9.73. The number of hydrogen-bond donors (Lipinski definition) is 0. The molecule has 0 atom stereocenters. The fourth-order valence-electron chi connectivity index (χ4n) is 3.95. The second kappa shape index (κ2) is 10.3. The summed E-state index contributed by atoms with van der Waals surface area (Å²) in [5.74, 6) is 0.386.